The quantitative estimate of drug-likeness (QED) is 0.594. The van der Waals surface area contributed by atoms with Crippen molar-refractivity contribution in [3.8, 4) is 0 Å². The molecule has 4 rings (SSSR count). The van der Waals surface area contributed by atoms with Crippen LogP contribution in [0, 0.1) is 28.6 Å². The SMILES string of the molecule is C[C@@H]1CC[C@@]2(C(=O)O)[C@H](C(=O)O)C(=O)CC[C@@H]2[C@]12C[C@H](c1ccoc1)OC2=O. The highest BCUT2D eigenvalue weighted by molar-refractivity contribution is 6.04. The van der Waals surface area contributed by atoms with Crippen LogP contribution in [-0.2, 0) is 23.9 Å². The Hall–Kier alpha value is -2.64. The van der Waals surface area contributed by atoms with E-state index >= 15 is 0 Å². The molecule has 0 aromatic carbocycles. The van der Waals surface area contributed by atoms with Gasteiger partial charge in [-0.1, -0.05) is 6.92 Å². The van der Waals surface area contributed by atoms with E-state index in [1.807, 2.05) is 6.92 Å². The number of esters is 1. The van der Waals surface area contributed by atoms with Crippen molar-refractivity contribution < 1.29 is 38.5 Å². The Morgan fingerprint density at radius 2 is 1.96 bits per heavy atom. The summed E-state index contributed by atoms with van der Waals surface area (Å²) in [7, 11) is 0. The number of furan rings is 1. The van der Waals surface area contributed by atoms with Crippen LogP contribution < -0.4 is 0 Å². The fourth-order valence-corrected chi connectivity index (χ4v) is 6.01. The fraction of sp³-hybridized carbons (Fsp3) is 0.600. The van der Waals surface area contributed by atoms with Crippen molar-refractivity contribution in [3.05, 3.63) is 24.2 Å². The number of carbonyl (C=O) groups excluding carboxylic acids is 2. The maximum Gasteiger partial charge on any atom is 0.315 e. The average molecular weight is 390 g/mol. The number of carbonyl (C=O) groups is 4. The van der Waals surface area contributed by atoms with Crippen molar-refractivity contribution in [2.24, 2.45) is 28.6 Å². The zero-order valence-electron chi connectivity index (χ0n) is 15.4. The van der Waals surface area contributed by atoms with Crippen molar-refractivity contribution in [3.63, 3.8) is 0 Å². The van der Waals surface area contributed by atoms with Gasteiger partial charge in [0.1, 0.15) is 17.8 Å². The highest BCUT2D eigenvalue weighted by Crippen LogP contribution is 2.66. The maximum atomic E-state index is 13.2. The molecule has 2 aliphatic carbocycles. The third-order valence-electron chi connectivity index (χ3n) is 7.34. The van der Waals surface area contributed by atoms with Crippen molar-refractivity contribution >= 4 is 23.7 Å². The molecule has 1 aromatic rings. The van der Waals surface area contributed by atoms with Crippen molar-refractivity contribution in [1.82, 2.24) is 0 Å². The van der Waals surface area contributed by atoms with Crippen LogP contribution in [0.25, 0.3) is 0 Å². The number of carboxylic acid groups (broad SMARTS) is 2. The Bertz CT molecular complexity index is 842. The molecule has 28 heavy (non-hydrogen) atoms. The summed E-state index contributed by atoms with van der Waals surface area (Å²) < 4.78 is 10.7. The molecule has 1 aliphatic heterocycles. The van der Waals surface area contributed by atoms with E-state index in [1.54, 1.807) is 6.07 Å². The van der Waals surface area contributed by atoms with E-state index < -0.39 is 52.5 Å². The standard InChI is InChI=1S/C20H22O8/c1-10-4-6-19(17(24)25)14(3-2-12(21)15(19)16(22)23)20(10)8-13(28-18(20)26)11-5-7-27-9-11/h5,7,9-10,13-15H,2-4,6,8H2,1H3,(H,22,23)(H,24,25)/t10-,13-,14+,15+,19+,20+/m1/s1. The summed E-state index contributed by atoms with van der Waals surface area (Å²) in [6.45, 7) is 1.89. The van der Waals surface area contributed by atoms with Gasteiger partial charge in [-0.25, -0.2) is 0 Å². The second-order valence-electron chi connectivity index (χ2n) is 8.31. The first-order valence-corrected chi connectivity index (χ1v) is 9.47. The van der Waals surface area contributed by atoms with E-state index in [0.717, 1.165) is 0 Å². The molecule has 0 unspecified atom stereocenters. The summed E-state index contributed by atoms with van der Waals surface area (Å²) in [6, 6.07) is 1.69. The number of rotatable bonds is 3. The first kappa shape index (κ1) is 18.7. The van der Waals surface area contributed by atoms with Crippen molar-refractivity contribution in [2.45, 2.75) is 45.1 Å². The lowest BCUT2D eigenvalue weighted by Crippen LogP contribution is -2.63. The number of Topliss-reactive ketones (excluding diaryl/α,β-unsaturated/α-hetero) is 1. The van der Waals surface area contributed by atoms with Crippen LogP contribution >= 0.6 is 0 Å². The Labute approximate surface area is 160 Å². The molecule has 3 aliphatic rings. The van der Waals surface area contributed by atoms with Gasteiger partial charge in [-0.05, 0) is 37.2 Å². The van der Waals surface area contributed by atoms with E-state index in [-0.39, 0.29) is 31.6 Å². The third kappa shape index (κ3) is 2.23. The molecule has 2 N–H and O–H groups in total. The summed E-state index contributed by atoms with van der Waals surface area (Å²) in [4.78, 5) is 50.0. The number of ether oxygens (including phenoxy) is 1. The first-order chi connectivity index (χ1) is 13.2. The molecule has 150 valence electrons. The van der Waals surface area contributed by atoms with Crippen LogP contribution in [0.2, 0.25) is 0 Å². The lowest BCUT2D eigenvalue weighted by atomic mass is 9.43. The van der Waals surface area contributed by atoms with Gasteiger partial charge in [-0.2, -0.15) is 0 Å². The molecule has 1 spiro atoms. The molecule has 3 fully saturated rings. The fourth-order valence-electron chi connectivity index (χ4n) is 6.01. The monoisotopic (exact) mass is 390 g/mol. The first-order valence-electron chi connectivity index (χ1n) is 9.47. The minimum Gasteiger partial charge on any atom is -0.481 e. The normalized spacial score (nSPS) is 40.2. The molecule has 2 heterocycles. The Morgan fingerprint density at radius 1 is 1.21 bits per heavy atom. The van der Waals surface area contributed by atoms with Gasteiger partial charge < -0.3 is 19.4 Å². The third-order valence-corrected chi connectivity index (χ3v) is 7.34. The molecule has 1 saturated heterocycles. The Kier molecular flexibility index (Phi) is 4.13. The molecule has 2 saturated carbocycles. The predicted molar refractivity (Wildman–Crippen MR) is 91.9 cm³/mol. The molecule has 6 atom stereocenters. The maximum absolute atomic E-state index is 13.2. The minimum absolute atomic E-state index is 0.0468. The van der Waals surface area contributed by atoms with Gasteiger partial charge in [0.15, 0.2) is 0 Å². The topological polar surface area (TPSA) is 131 Å². The average Bonchev–Trinajstić information content (AvgIpc) is 3.26. The van der Waals surface area contributed by atoms with Gasteiger partial charge in [0.2, 0.25) is 0 Å². The van der Waals surface area contributed by atoms with Gasteiger partial charge in [0.05, 0.1) is 23.4 Å². The van der Waals surface area contributed by atoms with Gasteiger partial charge in [0, 0.05) is 18.4 Å². The van der Waals surface area contributed by atoms with Gasteiger partial charge in [-0.15, -0.1) is 0 Å². The Balaban J connectivity index is 1.84. The van der Waals surface area contributed by atoms with E-state index in [4.69, 9.17) is 9.15 Å². The molecule has 8 heteroatoms. The summed E-state index contributed by atoms with van der Waals surface area (Å²) >= 11 is 0. The zero-order valence-corrected chi connectivity index (χ0v) is 15.4. The van der Waals surface area contributed by atoms with E-state index in [9.17, 15) is 29.4 Å². The van der Waals surface area contributed by atoms with Crippen LogP contribution in [0.4, 0.5) is 0 Å². The molecule has 8 nitrogen and oxygen atoms in total. The number of fused-ring (bicyclic) bond motifs is 2. The van der Waals surface area contributed by atoms with Crippen LogP contribution in [0.3, 0.4) is 0 Å². The Morgan fingerprint density at radius 3 is 2.57 bits per heavy atom. The highest BCUT2D eigenvalue weighted by atomic mass is 16.6. The van der Waals surface area contributed by atoms with E-state index in [0.29, 0.717) is 12.0 Å². The number of aliphatic carboxylic acids is 2. The van der Waals surface area contributed by atoms with Crippen LogP contribution in [-0.4, -0.2) is 33.9 Å². The summed E-state index contributed by atoms with van der Waals surface area (Å²) in [5, 5.41) is 19.9. The smallest absolute Gasteiger partial charge is 0.315 e. The van der Waals surface area contributed by atoms with Gasteiger partial charge in [-0.3, -0.25) is 19.2 Å². The second kappa shape index (κ2) is 6.18. The lowest BCUT2D eigenvalue weighted by Gasteiger charge is -2.56. The number of cyclic esters (lactones) is 1. The molecule has 0 radical (unpaired) electrons. The largest absolute Gasteiger partial charge is 0.481 e. The predicted octanol–water partition coefficient (Wildman–Crippen LogP) is 2.43. The number of ketones is 1. The van der Waals surface area contributed by atoms with Crippen molar-refractivity contribution in [1.29, 1.82) is 0 Å². The summed E-state index contributed by atoms with van der Waals surface area (Å²) in [5.41, 5.74) is -2.24. The van der Waals surface area contributed by atoms with Gasteiger partial charge in [0.25, 0.3) is 0 Å². The van der Waals surface area contributed by atoms with E-state index in [2.05, 4.69) is 0 Å². The van der Waals surface area contributed by atoms with Crippen LogP contribution in [0.5, 0.6) is 0 Å². The van der Waals surface area contributed by atoms with E-state index in [1.165, 1.54) is 12.5 Å². The minimum atomic E-state index is -1.79. The van der Waals surface area contributed by atoms with Crippen LogP contribution in [0.1, 0.15) is 50.7 Å². The molecular weight excluding hydrogens is 368 g/mol. The van der Waals surface area contributed by atoms with Gasteiger partial charge >= 0.3 is 17.9 Å². The summed E-state index contributed by atoms with van der Waals surface area (Å²) in [6.07, 6.45) is 3.17. The summed E-state index contributed by atoms with van der Waals surface area (Å²) in [5.74, 6) is -6.42. The second-order valence-corrected chi connectivity index (χ2v) is 8.31. The molecule has 0 bridgehead atoms. The molecular formula is C20H22O8. The lowest BCUT2D eigenvalue weighted by molar-refractivity contribution is -0.195. The highest BCUT2D eigenvalue weighted by Gasteiger charge is 2.72. The number of hydrogen-bond acceptors (Lipinski definition) is 6. The number of carboxylic acids is 2. The van der Waals surface area contributed by atoms with Crippen LogP contribution in [0.15, 0.2) is 23.0 Å². The zero-order chi connectivity index (χ0) is 20.3. The van der Waals surface area contributed by atoms with Crippen molar-refractivity contribution in [2.75, 3.05) is 0 Å². The number of hydrogen-bond donors (Lipinski definition) is 2. The molecule has 1 aromatic heterocycles. The molecule has 0 amide bonds.